The highest BCUT2D eigenvalue weighted by Crippen LogP contribution is 2.27. The molecule has 2 atom stereocenters. The van der Waals surface area contributed by atoms with Crippen molar-refractivity contribution in [2.75, 3.05) is 0 Å². The van der Waals surface area contributed by atoms with Gasteiger partial charge in [-0.15, -0.1) is 0 Å². The van der Waals surface area contributed by atoms with Crippen LogP contribution in [0.3, 0.4) is 0 Å². The van der Waals surface area contributed by atoms with Crippen LogP contribution in [0, 0.1) is 0 Å². The molecule has 0 aromatic carbocycles. The predicted molar refractivity (Wildman–Crippen MR) is 63.5 cm³/mol. The molecule has 90 valence electrons. The first-order chi connectivity index (χ1) is 6.92. The first-order valence-electron chi connectivity index (χ1n) is 5.56. The minimum absolute atomic E-state index is 0.363. The van der Waals surface area contributed by atoms with Crippen LogP contribution in [0.4, 0.5) is 0 Å². The molecular formula is C11H22O3S. The minimum Gasteiger partial charge on any atom is -0.480 e. The van der Waals surface area contributed by atoms with E-state index in [1.54, 1.807) is 0 Å². The van der Waals surface area contributed by atoms with Crippen molar-refractivity contribution >= 4 is 16.8 Å². The molecule has 3 nitrogen and oxygen atoms in total. The molecule has 0 aliphatic heterocycles. The molecule has 4 heteroatoms. The van der Waals surface area contributed by atoms with Gasteiger partial charge >= 0.3 is 5.97 Å². The van der Waals surface area contributed by atoms with Gasteiger partial charge in [-0.2, -0.15) is 0 Å². The number of aliphatic carboxylic acids is 1. The molecule has 0 amide bonds. The van der Waals surface area contributed by atoms with Crippen LogP contribution < -0.4 is 0 Å². The molecule has 0 aliphatic rings. The normalized spacial score (nSPS) is 16.0. The molecule has 0 heterocycles. The van der Waals surface area contributed by atoms with Gasteiger partial charge in [-0.05, 0) is 26.2 Å². The van der Waals surface area contributed by atoms with Crippen molar-refractivity contribution in [1.82, 2.24) is 0 Å². The number of rotatable bonds is 7. The minimum atomic E-state index is -1.29. The van der Waals surface area contributed by atoms with Crippen molar-refractivity contribution in [2.24, 2.45) is 0 Å². The van der Waals surface area contributed by atoms with Gasteiger partial charge in [0.15, 0.2) is 0 Å². The lowest BCUT2D eigenvalue weighted by Gasteiger charge is -2.29. The van der Waals surface area contributed by atoms with Gasteiger partial charge in [0.2, 0.25) is 0 Å². The van der Waals surface area contributed by atoms with Crippen LogP contribution in [0.25, 0.3) is 0 Å². The Morgan fingerprint density at radius 3 is 2.07 bits per heavy atom. The maximum Gasteiger partial charge on any atom is 0.319 e. The van der Waals surface area contributed by atoms with Gasteiger partial charge in [0.05, 0.1) is 0 Å². The lowest BCUT2D eigenvalue weighted by molar-refractivity contribution is -0.136. The van der Waals surface area contributed by atoms with Gasteiger partial charge in [-0.1, -0.05) is 27.2 Å². The van der Waals surface area contributed by atoms with Gasteiger partial charge in [-0.3, -0.25) is 9.00 Å². The molecule has 0 saturated heterocycles. The third kappa shape index (κ3) is 3.59. The van der Waals surface area contributed by atoms with E-state index in [-0.39, 0.29) is 4.75 Å². The second-order valence-electron chi connectivity index (χ2n) is 4.07. The van der Waals surface area contributed by atoms with E-state index in [4.69, 9.17) is 5.11 Å². The number of hydrogen-bond donors (Lipinski definition) is 1. The molecule has 0 fully saturated rings. The Bertz CT molecular complexity index is 234. The van der Waals surface area contributed by atoms with Gasteiger partial charge in [0.25, 0.3) is 0 Å². The summed E-state index contributed by atoms with van der Waals surface area (Å²) < 4.78 is 11.8. The SMILES string of the molecule is CCCC(C(=O)O)S(=O)C(C)(CC)CC. The van der Waals surface area contributed by atoms with Crippen LogP contribution in [-0.2, 0) is 15.6 Å². The molecule has 0 rings (SSSR count). The highest BCUT2D eigenvalue weighted by Gasteiger charge is 2.36. The van der Waals surface area contributed by atoms with Crippen LogP contribution in [-0.4, -0.2) is 25.3 Å². The Labute approximate surface area is 94.7 Å². The smallest absolute Gasteiger partial charge is 0.319 e. The molecule has 0 saturated carbocycles. The highest BCUT2D eigenvalue weighted by atomic mass is 32.2. The molecule has 0 aromatic heterocycles. The Morgan fingerprint density at radius 2 is 1.80 bits per heavy atom. The number of carboxylic acids is 1. The van der Waals surface area contributed by atoms with E-state index in [2.05, 4.69) is 0 Å². The quantitative estimate of drug-likeness (QED) is 0.736. The van der Waals surface area contributed by atoms with E-state index >= 15 is 0 Å². The summed E-state index contributed by atoms with van der Waals surface area (Å²) in [5, 5.41) is 8.33. The van der Waals surface area contributed by atoms with E-state index < -0.39 is 22.0 Å². The fraction of sp³-hybridized carbons (Fsp3) is 0.909. The zero-order valence-corrected chi connectivity index (χ0v) is 10.9. The van der Waals surface area contributed by atoms with Gasteiger partial charge in [-0.25, -0.2) is 0 Å². The summed E-state index contributed by atoms with van der Waals surface area (Å²) >= 11 is 0. The van der Waals surface area contributed by atoms with Crippen molar-refractivity contribution in [3.63, 3.8) is 0 Å². The average Bonchev–Trinajstić information content (AvgIpc) is 2.23. The van der Waals surface area contributed by atoms with E-state index in [1.807, 2.05) is 27.7 Å². The first-order valence-corrected chi connectivity index (χ1v) is 6.77. The summed E-state index contributed by atoms with van der Waals surface area (Å²) in [7, 11) is -1.29. The van der Waals surface area contributed by atoms with Crippen molar-refractivity contribution in [3.8, 4) is 0 Å². The number of hydrogen-bond acceptors (Lipinski definition) is 2. The van der Waals surface area contributed by atoms with Crippen LogP contribution in [0.1, 0.15) is 53.4 Å². The Balaban J connectivity index is 4.83. The molecular weight excluding hydrogens is 212 g/mol. The lowest BCUT2D eigenvalue weighted by atomic mass is 10.1. The summed E-state index contributed by atoms with van der Waals surface area (Å²) in [6.45, 7) is 7.76. The predicted octanol–water partition coefficient (Wildman–Crippen LogP) is 2.57. The van der Waals surface area contributed by atoms with Gasteiger partial charge < -0.3 is 5.11 Å². The van der Waals surface area contributed by atoms with Crippen LogP contribution in [0.5, 0.6) is 0 Å². The van der Waals surface area contributed by atoms with Gasteiger partial charge in [0, 0.05) is 15.5 Å². The van der Waals surface area contributed by atoms with E-state index in [1.165, 1.54) is 0 Å². The van der Waals surface area contributed by atoms with Crippen molar-refractivity contribution in [2.45, 2.75) is 63.4 Å². The number of carboxylic acid groups (broad SMARTS) is 1. The molecule has 2 unspecified atom stereocenters. The monoisotopic (exact) mass is 234 g/mol. The molecule has 0 aliphatic carbocycles. The first kappa shape index (κ1) is 14.6. The summed E-state index contributed by atoms with van der Waals surface area (Å²) in [5.41, 5.74) is 0. The molecule has 0 spiro atoms. The second-order valence-corrected chi connectivity index (χ2v) is 6.22. The van der Waals surface area contributed by atoms with E-state index in [0.717, 1.165) is 19.3 Å². The maximum absolute atomic E-state index is 12.2. The van der Waals surface area contributed by atoms with Crippen molar-refractivity contribution in [1.29, 1.82) is 0 Å². The average molecular weight is 234 g/mol. The van der Waals surface area contributed by atoms with E-state index in [9.17, 15) is 9.00 Å². The standard InChI is InChI=1S/C11H22O3S/c1-5-8-9(10(12)13)15(14)11(4,6-2)7-3/h9H,5-8H2,1-4H3,(H,12,13). The van der Waals surface area contributed by atoms with Crippen LogP contribution >= 0.6 is 0 Å². The maximum atomic E-state index is 12.2. The summed E-state index contributed by atoms with van der Waals surface area (Å²) in [5.74, 6) is -0.927. The van der Waals surface area contributed by atoms with Gasteiger partial charge in [0.1, 0.15) is 5.25 Å². The van der Waals surface area contributed by atoms with Crippen molar-refractivity contribution in [3.05, 3.63) is 0 Å². The summed E-state index contributed by atoms with van der Waals surface area (Å²) in [6.07, 6.45) is 2.76. The molecule has 0 bridgehead atoms. The summed E-state index contributed by atoms with van der Waals surface area (Å²) in [4.78, 5) is 11.0. The van der Waals surface area contributed by atoms with Crippen LogP contribution in [0.15, 0.2) is 0 Å². The number of carbonyl (C=O) groups is 1. The Kier molecular flexibility index (Phi) is 6.10. The third-order valence-corrected chi connectivity index (χ3v) is 5.57. The zero-order chi connectivity index (χ0) is 12.1. The highest BCUT2D eigenvalue weighted by molar-refractivity contribution is 7.87. The Hall–Kier alpha value is -0.380. The molecule has 0 aromatic rings. The van der Waals surface area contributed by atoms with Crippen molar-refractivity contribution < 1.29 is 14.1 Å². The Morgan fingerprint density at radius 1 is 1.33 bits per heavy atom. The lowest BCUT2D eigenvalue weighted by Crippen LogP contribution is -2.39. The topological polar surface area (TPSA) is 54.4 Å². The largest absolute Gasteiger partial charge is 0.480 e. The molecule has 1 N–H and O–H groups in total. The molecule has 0 radical (unpaired) electrons. The van der Waals surface area contributed by atoms with E-state index in [0.29, 0.717) is 6.42 Å². The second kappa shape index (κ2) is 6.26. The zero-order valence-electron chi connectivity index (χ0n) is 10.1. The molecule has 15 heavy (non-hydrogen) atoms. The third-order valence-electron chi connectivity index (χ3n) is 3.07. The summed E-state index contributed by atoms with van der Waals surface area (Å²) in [6, 6.07) is 0. The van der Waals surface area contributed by atoms with Crippen LogP contribution in [0.2, 0.25) is 0 Å². The fourth-order valence-electron chi connectivity index (χ4n) is 1.46. The fourth-order valence-corrected chi connectivity index (χ4v) is 3.35.